The zero-order valence-electron chi connectivity index (χ0n) is 19.7. The molecule has 4 aliphatic rings. The Bertz CT molecular complexity index is 1090. The number of anilines is 1. The van der Waals surface area contributed by atoms with Gasteiger partial charge in [-0.1, -0.05) is 21.1 Å². The van der Waals surface area contributed by atoms with Crippen molar-refractivity contribution in [2.24, 2.45) is 5.41 Å². The number of rotatable bonds is 6. The van der Waals surface area contributed by atoms with Gasteiger partial charge in [-0.25, -0.2) is 9.78 Å². The number of carbonyl (C=O) groups excluding carboxylic acids is 1. The SMILES string of the molecule is CC(C)(OC(=O)N(CC12CCC(c3nc(C4CC4)no3)(CC1)CC2)c1cc(Br)ccn1)C(F)(F)F. The normalized spacial score (nSPS) is 26.6. The van der Waals surface area contributed by atoms with Crippen LogP contribution in [0.4, 0.5) is 23.8 Å². The molecule has 0 spiro atoms. The minimum atomic E-state index is -4.70. The molecular formula is C24H28BrF3N4O3. The smallest absolute Gasteiger partial charge is 0.427 e. The predicted octanol–water partition coefficient (Wildman–Crippen LogP) is 6.68. The highest BCUT2D eigenvalue weighted by molar-refractivity contribution is 9.10. The maximum atomic E-state index is 13.5. The van der Waals surface area contributed by atoms with Gasteiger partial charge in [-0.2, -0.15) is 18.2 Å². The van der Waals surface area contributed by atoms with Gasteiger partial charge in [0.05, 0.1) is 0 Å². The summed E-state index contributed by atoms with van der Waals surface area (Å²) in [5.74, 6) is 2.20. The molecule has 0 atom stereocenters. The quantitative estimate of drug-likeness (QED) is 0.394. The van der Waals surface area contributed by atoms with Crippen LogP contribution >= 0.6 is 15.9 Å². The molecule has 0 unspecified atom stereocenters. The van der Waals surface area contributed by atoms with Crippen molar-refractivity contribution in [3.8, 4) is 0 Å². The van der Waals surface area contributed by atoms with Crippen molar-refractivity contribution in [1.29, 1.82) is 0 Å². The van der Waals surface area contributed by atoms with Gasteiger partial charge in [0, 0.05) is 28.5 Å². The van der Waals surface area contributed by atoms with E-state index in [1.165, 1.54) is 11.1 Å². The molecule has 4 aliphatic carbocycles. The molecule has 6 rings (SSSR count). The van der Waals surface area contributed by atoms with E-state index in [-0.39, 0.29) is 23.2 Å². The number of hydrogen-bond donors (Lipinski definition) is 0. The molecule has 4 fully saturated rings. The zero-order chi connectivity index (χ0) is 25.1. The summed E-state index contributed by atoms with van der Waals surface area (Å²) >= 11 is 3.36. The van der Waals surface area contributed by atoms with Gasteiger partial charge < -0.3 is 9.26 Å². The van der Waals surface area contributed by atoms with Crippen molar-refractivity contribution >= 4 is 27.8 Å². The number of aromatic nitrogens is 3. The molecule has 2 bridgehead atoms. The van der Waals surface area contributed by atoms with Gasteiger partial charge in [-0.15, -0.1) is 0 Å². The number of fused-ring (bicyclic) bond motifs is 3. The van der Waals surface area contributed by atoms with Gasteiger partial charge in [0.1, 0.15) is 5.82 Å². The van der Waals surface area contributed by atoms with Crippen molar-refractivity contribution in [1.82, 2.24) is 15.1 Å². The van der Waals surface area contributed by atoms with Crippen LogP contribution in [0.25, 0.3) is 0 Å². The second-order valence-electron chi connectivity index (χ2n) is 10.8. The molecule has 11 heteroatoms. The van der Waals surface area contributed by atoms with E-state index in [1.807, 2.05) is 0 Å². The first kappa shape index (κ1) is 24.5. The first-order valence-electron chi connectivity index (χ1n) is 12.0. The maximum Gasteiger partial charge on any atom is 0.427 e. The summed E-state index contributed by atoms with van der Waals surface area (Å²) in [5.41, 5.74) is -3.02. The Kier molecular flexibility index (Phi) is 5.92. The van der Waals surface area contributed by atoms with E-state index in [4.69, 9.17) is 14.2 Å². The van der Waals surface area contributed by atoms with Crippen molar-refractivity contribution in [2.75, 3.05) is 11.4 Å². The second-order valence-corrected chi connectivity index (χ2v) is 11.7. The molecule has 1 amide bonds. The Morgan fingerprint density at radius 3 is 2.43 bits per heavy atom. The molecule has 0 aliphatic heterocycles. The highest BCUT2D eigenvalue weighted by Crippen LogP contribution is 2.58. The molecule has 35 heavy (non-hydrogen) atoms. The van der Waals surface area contributed by atoms with Gasteiger partial charge >= 0.3 is 12.3 Å². The average Bonchev–Trinajstić information content (AvgIpc) is 3.53. The van der Waals surface area contributed by atoms with E-state index in [9.17, 15) is 18.0 Å². The number of alkyl halides is 3. The van der Waals surface area contributed by atoms with Crippen LogP contribution in [0, 0.1) is 5.41 Å². The van der Waals surface area contributed by atoms with E-state index in [2.05, 4.69) is 26.1 Å². The molecule has 0 N–H and O–H groups in total. The fourth-order valence-corrected chi connectivity index (χ4v) is 5.55. The van der Waals surface area contributed by atoms with E-state index < -0.39 is 17.9 Å². The minimum Gasteiger partial charge on any atom is -0.433 e. The summed E-state index contributed by atoms with van der Waals surface area (Å²) in [5, 5.41) is 4.19. The van der Waals surface area contributed by atoms with Crippen LogP contribution in [0.15, 0.2) is 27.3 Å². The average molecular weight is 557 g/mol. The third kappa shape index (κ3) is 4.68. The highest BCUT2D eigenvalue weighted by atomic mass is 79.9. The monoisotopic (exact) mass is 556 g/mol. The number of pyridine rings is 1. The lowest BCUT2D eigenvalue weighted by atomic mass is 9.53. The molecule has 2 heterocycles. The van der Waals surface area contributed by atoms with Gasteiger partial charge in [0.25, 0.3) is 0 Å². The Morgan fingerprint density at radius 2 is 1.86 bits per heavy atom. The molecule has 0 aromatic carbocycles. The standard InChI is InChI=1S/C24H28BrF3N4O3/c1-21(2,24(26,27)28)34-20(33)32(17-13-16(25)5-12-29-17)14-22-6-9-23(10-7-22,11-8-22)19-30-18(31-35-19)15-3-4-15/h5,12-13,15H,3-4,6-11,14H2,1-2H3. The fraction of sp³-hybridized carbons (Fsp3) is 0.667. The van der Waals surface area contributed by atoms with Crippen LogP contribution in [0.3, 0.4) is 0 Å². The molecule has 190 valence electrons. The largest absolute Gasteiger partial charge is 0.433 e. The van der Waals surface area contributed by atoms with E-state index in [0.29, 0.717) is 16.3 Å². The van der Waals surface area contributed by atoms with Gasteiger partial charge in [-0.05, 0) is 82.8 Å². The number of hydrogen-bond acceptors (Lipinski definition) is 6. The summed E-state index contributed by atoms with van der Waals surface area (Å²) in [6.45, 7) is 1.94. The number of amides is 1. The number of carbonyl (C=O) groups is 1. The third-order valence-electron chi connectivity index (χ3n) is 7.96. The molecule has 7 nitrogen and oxygen atoms in total. The summed E-state index contributed by atoms with van der Waals surface area (Å²) < 4.78 is 51.7. The lowest BCUT2D eigenvalue weighted by Crippen LogP contribution is -2.53. The van der Waals surface area contributed by atoms with Gasteiger partial charge in [-0.3, -0.25) is 4.90 Å². The van der Waals surface area contributed by atoms with E-state index >= 15 is 0 Å². The van der Waals surface area contributed by atoms with E-state index in [0.717, 1.165) is 71.0 Å². The highest BCUT2D eigenvalue weighted by Gasteiger charge is 2.55. The summed E-state index contributed by atoms with van der Waals surface area (Å²) in [4.78, 5) is 23.4. The van der Waals surface area contributed by atoms with Crippen LogP contribution < -0.4 is 4.90 Å². The zero-order valence-corrected chi connectivity index (χ0v) is 21.3. The van der Waals surface area contributed by atoms with Crippen LogP contribution in [0.5, 0.6) is 0 Å². The molecular weight excluding hydrogens is 529 g/mol. The van der Waals surface area contributed by atoms with Crippen molar-refractivity contribution in [3.05, 3.63) is 34.5 Å². The van der Waals surface area contributed by atoms with Crippen LogP contribution in [0.2, 0.25) is 0 Å². The van der Waals surface area contributed by atoms with Crippen LogP contribution in [-0.4, -0.2) is 39.5 Å². The summed E-state index contributed by atoms with van der Waals surface area (Å²) in [6, 6.07) is 3.31. The Labute approximate surface area is 209 Å². The number of ether oxygens (including phenoxy) is 1. The Hall–Kier alpha value is -2.17. The first-order chi connectivity index (χ1) is 16.4. The summed E-state index contributed by atoms with van der Waals surface area (Å²) in [7, 11) is 0. The Morgan fingerprint density at radius 1 is 1.20 bits per heavy atom. The topological polar surface area (TPSA) is 81.4 Å². The van der Waals surface area contributed by atoms with E-state index in [1.54, 1.807) is 12.1 Å². The van der Waals surface area contributed by atoms with Gasteiger partial charge in [0.2, 0.25) is 11.5 Å². The maximum absolute atomic E-state index is 13.5. The van der Waals surface area contributed by atoms with Crippen molar-refractivity contribution < 1.29 is 27.2 Å². The first-order valence-corrected chi connectivity index (χ1v) is 12.7. The number of nitrogens with zero attached hydrogens (tertiary/aromatic N) is 4. The van der Waals surface area contributed by atoms with Crippen molar-refractivity contribution in [3.63, 3.8) is 0 Å². The van der Waals surface area contributed by atoms with Gasteiger partial charge in [0.15, 0.2) is 5.82 Å². The molecule has 2 aromatic heterocycles. The third-order valence-corrected chi connectivity index (χ3v) is 8.46. The minimum absolute atomic E-state index is 0.153. The fourth-order valence-electron chi connectivity index (χ4n) is 5.23. The second kappa shape index (κ2) is 8.45. The Balaban J connectivity index is 1.35. The number of halogens is 4. The van der Waals surface area contributed by atoms with Crippen molar-refractivity contribution in [2.45, 2.75) is 88.3 Å². The molecule has 0 radical (unpaired) electrons. The lowest BCUT2D eigenvalue weighted by Gasteiger charge is -2.52. The van der Waals surface area contributed by atoms with Crippen LogP contribution in [0.1, 0.15) is 82.8 Å². The van der Waals surface area contributed by atoms with Crippen LogP contribution in [-0.2, 0) is 10.2 Å². The summed E-state index contributed by atoms with van der Waals surface area (Å²) in [6.07, 6.45) is 2.87. The molecule has 4 saturated carbocycles. The predicted molar refractivity (Wildman–Crippen MR) is 124 cm³/mol. The lowest BCUT2D eigenvalue weighted by molar-refractivity contribution is -0.243. The molecule has 2 aromatic rings. The molecule has 0 saturated heterocycles.